The molecule has 0 saturated heterocycles. The van der Waals surface area contributed by atoms with Crippen LogP contribution in [0.2, 0.25) is 0 Å². The van der Waals surface area contributed by atoms with E-state index in [-0.39, 0.29) is 16.8 Å². The molecule has 23 heavy (non-hydrogen) atoms. The molecule has 6 heteroatoms. The van der Waals surface area contributed by atoms with E-state index in [0.717, 1.165) is 17.4 Å². The Morgan fingerprint density at radius 3 is 2.57 bits per heavy atom. The van der Waals surface area contributed by atoms with Crippen LogP contribution in [0.3, 0.4) is 0 Å². The lowest BCUT2D eigenvalue weighted by Crippen LogP contribution is -2.18. The van der Waals surface area contributed by atoms with Crippen LogP contribution in [-0.2, 0) is 16.4 Å². The molecule has 0 fully saturated rings. The van der Waals surface area contributed by atoms with Crippen molar-refractivity contribution < 1.29 is 17.5 Å². The molecule has 1 N–H and O–H groups in total. The highest BCUT2D eigenvalue weighted by Crippen LogP contribution is 2.27. The number of sulfone groups is 1. The zero-order chi connectivity index (χ0) is 17.0. The first-order chi connectivity index (χ1) is 10.8. The number of nitrogens with one attached hydrogen (secondary N) is 1. The van der Waals surface area contributed by atoms with Crippen LogP contribution in [-0.4, -0.2) is 21.8 Å². The van der Waals surface area contributed by atoms with E-state index in [4.69, 9.17) is 4.74 Å². The summed E-state index contributed by atoms with van der Waals surface area (Å²) >= 11 is 0. The molecule has 0 unspecified atom stereocenters. The third-order valence-corrected chi connectivity index (χ3v) is 4.72. The summed E-state index contributed by atoms with van der Waals surface area (Å²) in [6.45, 7) is 2.46. The molecule has 0 spiro atoms. The second-order valence-electron chi connectivity index (χ2n) is 5.41. The van der Waals surface area contributed by atoms with Crippen molar-refractivity contribution in [2.24, 2.45) is 0 Å². The van der Waals surface area contributed by atoms with Gasteiger partial charge in [0.1, 0.15) is 16.5 Å². The van der Waals surface area contributed by atoms with Crippen molar-refractivity contribution in [3.63, 3.8) is 0 Å². The van der Waals surface area contributed by atoms with Gasteiger partial charge in [0.15, 0.2) is 9.84 Å². The maximum absolute atomic E-state index is 13.2. The van der Waals surface area contributed by atoms with Crippen LogP contribution >= 0.6 is 0 Å². The lowest BCUT2D eigenvalue weighted by Gasteiger charge is -2.16. The minimum absolute atomic E-state index is 0.0409. The van der Waals surface area contributed by atoms with Crippen molar-refractivity contribution >= 4 is 9.84 Å². The van der Waals surface area contributed by atoms with E-state index in [1.54, 1.807) is 24.3 Å². The molecule has 0 aromatic heterocycles. The fourth-order valence-corrected chi connectivity index (χ4v) is 3.12. The molecule has 4 nitrogen and oxygen atoms in total. The van der Waals surface area contributed by atoms with Gasteiger partial charge in [-0.1, -0.05) is 18.2 Å². The molecule has 0 amide bonds. The fraction of sp³-hybridized carbons (Fsp3) is 0.294. The van der Waals surface area contributed by atoms with E-state index in [1.807, 2.05) is 13.0 Å². The number of benzene rings is 2. The fourth-order valence-electron chi connectivity index (χ4n) is 2.30. The van der Waals surface area contributed by atoms with E-state index >= 15 is 0 Å². The Morgan fingerprint density at radius 2 is 1.96 bits per heavy atom. The minimum Gasteiger partial charge on any atom is -0.495 e. The molecule has 124 valence electrons. The first-order valence-corrected chi connectivity index (χ1v) is 9.06. The maximum atomic E-state index is 13.2. The van der Waals surface area contributed by atoms with Crippen molar-refractivity contribution in [2.45, 2.75) is 24.4 Å². The molecule has 0 radical (unpaired) electrons. The summed E-state index contributed by atoms with van der Waals surface area (Å²) < 4.78 is 41.8. The van der Waals surface area contributed by atoms with Crippen LogP contribution in [0.1, 0.15) is 24.1 Å². The molecule has 0 heterocycles. The van der Waals surface area contributed by atoms with E-state index in [0.29, 0.717) is 12.3 Å². The summed E-state index contributed by atoms with van der Waals surface area (Å²) in [5.41, 5.74) is 1.74. The summed E-state index contributed by atoms with van der Waals surface area (Å²) in [6, 6.07) is 11.4. The maximum Gasteiger partial charge on any atom is 0.179 e. The van der Waals surface area contributed by atoms with Gasteiger partial charge in [0.25, 0.3) is 0 Å². The molecule has 2 aromatic carbocycles. The molecule has 0 aliphatic carbocycles. The highest BCUT2D eigenvalue weighted by Gasteiger charge is 2.16. The summed E-state index contributed by atoms with van der Waals surface area (Å²) in [5.74, 6) is 0.0560. The molecule has 1 atom stereocenters. The second kappa shape index (κ2) is 7.10. The number of halogens is 1. The van der Waals surface area contributed by atoms with Crippen molar-refractivity contribution in [2.75, 3.05) is 13.4 Å². The van der Waals surface area contributed by atoms with Gasteiger partial charge in [-0.3, -0.25) is 0 Å². The van der Waals surface area contributed by atoms with Gasteiger partial charge in [0, 0.05) is 18.8 Å². The number of hydrogen-bond donors (Lipinski definition) is 1. The van der Waals surface area contributed by atoms with Crippen LogP contribution in [0.4, 0.5) is 4.39 Å². The number of hydrogen-bond acceptors (Lipinski definition) is 4. The van der Waals surface area contributed by atoms with E-state index in [1.165, 1.54) is 19.2 Å². The van der Waals surface area contributed by atoms with Crippen LogP contribution in [0.15, 0.2) is 47.4 Å². The Kier molecular flexibility index (Phi) is 5.38. The molecule has 2 aromatic rings. The Bertz CT molecular complexity index is 790. The smallest absolute Gasteiger partial charge is 0.179 e. The molecular weight excluding hydrogens is 317 g/mol. The molecular formula is C17H20FNO3S. The third kappa shape index (κ3) is 4.53. The minimum atomic E-state index is -3.34. The van der Waals surface area contributed by atoms with Crippen LogP contribution in [0.25, 0.3) is 0 Å². The summed E-state index contributed by atoms with van der Waals surface area (Å²) in [5, 5.41) is 3.28. The summed E-state index contributed by atoms with van der Waals surface area (Å²) in [6.07, 6.45) is 1.15. The number of rotatable bonds is 6. The molecule has 0 saturated carbocycles. The van der Waals surface area contributed by atoms with Gasteiger partial charge in [0.2, 0.25) is 0 Å². The normalized spacial score (nSPS) is 12.9. The Hall–Kier alpha value is -1.92. The zero-order valence-electron chi connectivity index (χ0n) is 13.3. The third-order valence-electron chi connectivity index (χ3n) is 3.59. The SMILES string of the molecule is COc1cc([C@H](C)NCc2cccc(F)c2)ccc1S(C)(=O)=O. The average molecular weight is 337 g/mol. The van der Waals surface area contributed by atoms with Crippen LogP contribution in [0.5, 0.6) is 5.75 Å². The topological polar surface area (TPSA) is 55.4 Å². The van der Waals surface area contributed by atoms with Crippen LogP contribution in [0, 0.1) is 5.82 Å². The van der Waals surface area contributed by atoms with Gasteiger partial charge in [-0.2, -0.15) is 0 Å². The molecule has 0 bridgehead atoms. The van der Waals surface area contributed by atoms with E-state index in [9.17, 15) is 12.8 Å². The van der Waals surface area contributed by atoms with Gasteiger partial charge < -0.3 is 10.1 Å². The van der Waals surface area contributed by atoms with Crippen molar-refractivity contribution in [3.05, 3.63) is 59.4 Å². The number of ether oxygens (including phenoxy) is 1. The first kappa shape index (κ1) is 17.4. The quantitative estimate of drug-likeness (QED) is 0.880. The van der Waals surface area contributed by atoms with Gasteiger partial charge in [-0.25, -0.2) is 12.8 Å². The van der Waals surface area contributed by atoms with Crippen LogP contribution < -0.4 is 10.1 Å². The van der Waals surface area contributed by atoms with E-state index in [2.05, 4.69) is 5.32 Å². The predicted molar refractivity (Wildman–Crippen MR) is 87.8 cm³/mol. The number of methoxy groups -OCH3 is 1. The highest BCUT2D eigenvalue weighted by atomic mass is 32.2. The highest BCUT2D eigenvalue weighted by molar-refractivity contribution is 7.90. The van der Waals surface area contributed by atoms with Gasteiger partial charge in [-0.15, -0.1) is 0 Å². The molecule has 2 rings (SSSR count). The largest absolute Gasteiger partial charge is 0.495 e. The lowest BCUT2D eigenvalue weighted by molar-refractivity contribution is 0.401. The first-order valence-electron chi connectivity index (χ1n) is 7.17. The van der Waals surface area contributed by atoms with Crippen molar-refractivity contribution in [3.8, 4) is 5.75 Å². The molecule has 0 aliphatic heterocycles. The van der Waals surface area contributed by atoms with E-state index < -0.39 is 9.84 Å². The van der Waals surface area contributed by atoms with Gasteiger partial charge in [-0.05, 0) is 42.3 Å². The predicted octanol–water partition coefficient (Wildman–Crippen LogP) is 3.09. The summed E-state index contributed by atoms with van der Waals surface area (Å²) in [4.78, 5) is 0.168. The lowest BCUT2D eigenvalue weighted by atomic mass is 10.1. The standard InChI is InChI=1S/C17H20FNO3S/c1-12(19-11-13-5-4-6-15(18)9-13)14-7-8-17(23(3,20)21)16(10-14)22-2/h4-10,12,19H,11H2,1-3H3/t12-/m0/s1. The zero-order valence-corrected chi connectivity index (χ0v) is 14.2. The molecule has 0 aliphatic rings. The van der Waals surface area contributed by atoms with Crippen molar-refractivity contribution in [1.82, 2.24) is 5.32 Å². The average Bonchev–Trinajstić information content (AvgIpc) is 2.51. The summed E-state index contributed by atoms with van der Waals surface area (Å²) in [7, 11) is -1.89. The van der Waals surface area contributed by atoms with Gasteiger partial charge in [0.05, 0.1) is 7.11 Å². The Labute approximate surface area is 136 Å². The Morgan fingerprint density at radius 1 is 1.22 bits per heavy atom. The van der Waals surface area contributed by atoms with Gasteiger partial charge >= 0.3 is 0 Å². The van der Waals surface area contributed by atoms with Crippen molar-refractivity contribution in [1.29, 1.82) is 0 Å². The monoisotopic (exact) mass is 337 g/mol. The second-order valence-corrected chi connectivity index (χ2v) is 7.40. The Balaban J connectivity index is 2.15.